The largest absolute Gasteiger partial charge is 0.260 e. The summed E-state index contributed by atoms with van der Waals surface area (Å²) in [6.07, 6.45) is 0. The minimum Gasteiger partial charge on any atom is -0.260 e. The van der Waals surface area contributed by atoms with Gasteiger partial charge in [-0.05, 0) is 77.7 Å². The quantitative estimate of drug-likeness (QED) is 0.247. The molecule has 0 unspecified atom stereocenters. The molecular weight excluding hydrogens is 496 g/mol. The van der Waals surface area contributed by atoms with E-state index in [4.69, 9.17) is 21.4 Å². The molecule has 5 rings (SSSR count). The maximum atomic E-state index is 10.0. The SMILES string of the molecule is [2H]c1c(C#N)c([2H])c(/C([N+]#[C-])=c2\ccc3c(ccc4n/c(=C(/C#N)c5c([2H])c(C#N)c([2H])c([N+]#[C-])c5[2H])ccc43)n2)c([2H])c1C#N. The highest BCUT2D eigenvalue weighted by Crippen LogP contribution is 2.24. The summed E-state index contributed by atoms with van der Waals surface area (Å²) in [5.41, 5.74) is -2.07. The second-order valence-corrected chi connectivity index (χ2v) is 7.96. The molecule has 0 radical (unpaired) electrons. The average Bonchev–Trinajstić information content (AvgIpc) is 3.05. The van der Waals surface area contributed by atoms with Crippen molar-refractivity contribution in [1.29, 1.82) is 21.0 Å². The Hall–Kier alpha value is -6.84. The van der Waals surface area contributed by atoms with E-state index in [-0.39, 0.29) is 33.1 Å². The highest BCUT2D eigenvalue weighted by Gasteiger charge is 2.11. The standard InChI is InChI=1S/C32H12N8/c1-37-24-13-21(17-35)10-22(14-24)27(18-36)30-5-3-25-26-4-6-31(40-29(26)8-7-28(25)39-30)32(38-2)23-11-19(15-33)9-20(12-23)16-34/h3-14H/b30-27-,32-31-/i9D,10D,11D,12D,13D,14D. The first-order valence-electron chi connectivity index (χ1n) is 14.2. The van der Waals surface area contributed by atoms with E-state index in [1.165, 1.54) is 12.1 Å². The first-order chi connectivity index (χ1) is 22.1. The Bertz CT molecular complexity index is 2360. The molecule has 8 nitrogen and oxygen atoms in total. The lowest BCUT2D eigenvalue weighted by atomic mass is 10.0. The van der Waals surface area contributed by atoms with Crippen molar-refractivity contribution >= 4 is 38.8 Å². The van der Waals surface area contributed by atoms with Gasteiger partial charge in [0, 0.05) is 17.7 Å². The minimum absolute atomic E-state index is 0.0618. The molecule has 0 aliphatic rings. The van der Waals surface area contributed by atoms with Crippen LogP contribution < -0.4 is 10.7 Å². The monoisotopic (exact) mass is 514 g/mol. The number of rotatable bonds is 2. The van der Waals surface area contributed by atoms with Crippen molar-refractivity contribution in [1.82, 2.24) is 9.97 Å². The minimum atomic E-state index is -0.557. The summed E-state index contributed by atoms with van der Waals surface area (Å²) in [6.45, 7) is 15.1. The van der Waals surface area contributed by atoms with Crippen LogP contribution >= 0.6 is 0 Å². The van der Waals surface area contributed by atoms with E-state index in [1.807, 2.05) is 6.07 Å². The van der Waals surface area contributed by atoms with Gasteiger partial charge in [0.15, 0.2) is 5.69 Å². The second-order valence-electron chi connectivity index (χ2n) is 7.96. The molecule has 0 atom stereocenters. The molecule has 2 aromatic heterocycles. The smallest absolute Gasteiger partial charge is 0.219 e. The third-order valence-corrected chi connectivity index (χ3v) is 5.68. The first-order valence-corrected chi connectivity index (χ1v) is 11.2. The zero-order valence-corrected chi connectivity index (χ0v) is 20.0. The Labute approximate surface area is 236 Å². The lowest BCUT2D eigenvalue weighted by Gasteiger charge is -2.06. The van der Waals surface area contributed by atoms with Gasteiger partial charge in [0.05, 0.1) is 76.6 Å². The van der Waals surface area contributed by atoms with Crippen molar-refractivity contribution in [2.24, 2.45) is 0 Å². The van der Waals surface area contributed by atoms with Crippen LogP contribution in [-0.2, 0) is 0 Å². The maximum Gasteiger partial charge on any atom is 0.219 e. The first kappa shape index (κ1) is 18.4. The van der Waals surface area contributed by atoms with Gasteiger partial charge < -0.3 is 0 Å². The number of aromatic nitrogens is 2. The fourth-order valence-corrected chi connectivity index (χ4v) is 3.96. The van der Waals surface area contributed by atoms with Crippen LogP contribution in [0, 0.1) is 58.5 Å². The van der Waals surface area contributed by atoms with Gasteiger partial charge in [0.25, 0.3) is 0 Å². The normalized spacial score (nSPS) is 13.8. The summed E-state index contributed by atoms with van der Waals surface area (Å²) in [7, 11) is 0. The molecule has 0 saturated heterocycles. The summed E-state index contributed by atoms with van der Waals surface area (Å²) in [5, 5.41) is 39.7. The van der Waals surface area contributed by atoms with Crippen LogP contribution in [0.5, 0.6) is 0 Å². The molecule has 0 aliphatic carbocycles. The Balaban J connectivity index is 1.79. The number of hydrogen-bond acceptors (Lipinski definition) is 6. The molecular formula is C32H12N8. The molecule has 8 heteroatoms. The number of pyridine rings is 2. The van der Waals surface area contributed by atoms with Crippen LogP contribution in [0.3, 0.4) is 0 Å². The van der Waals surface area contributed by atoms with Crippen molar-refractivity contribution in [2.75, 3.05) is 0 Å². The van der Waals surface area contributed by atoms with E-state index >= 15 is 0 Å². The van der Waals surface area contributed by atoms with Crippen molar-refractivity contribution in [3.8, 4) is 24.3 Å². The van der Waals surface area contributed by atoms with Crippen LogP contribution in [-0.4, -0.2) is 9.97 Å². The number of benzene rings is 3. The third-order valence-electron chi connectivity index (χ3n) is 5.68. The number of fused-ring (bicyclic) bond motifs is 3. The lowest BCUT2D eigenvalue weighted by molar-refractivity contribution is 1.29. The van der Waals surface area contributed by atoms with Gasteiger partial charge in [-0.1, -0.05) is 6.07 Å². The summed E-state index contributed by atoms with van der Waals surface area (Å²) in [4.78, 5) is 15.7. The Morgan fingerprint density at radius 2 is 1.23 bits per heavy atom. The zero-order valence-electron chi connectivity index (χ0n) is 26.0. The van der Waals surface area contributed by atoms with Gasteiger partial charge in [0.2, 0.25) is 5.70 Å². The number of nitrogens with zero attached hydrogens (tertiary/aromatic N) is 8. The van der Waals surface area contributed by atoms with Gasteiger partial charge in [-0.2, -0.15) is 21.0 Å². The molecule has 2 heterocycles. The Kier molecular flexibility index (Phi) is 4.72. The van der Waals surface area contributed by atoms with Crippen molar-refractivity contribution in [3.63, 3.8) is 0 Å². The molecule has 0 spiro atoms. The van der Waals surface area contributed by atoms with E-state index < -0.39 is 58.6 Å². The fraction of sp³-hybridized carbons (Fsp3) is 0. The summed E-state index contributed by atoms with van der Waals surface area (Å²) in [5.74, 6) is 0. The molecule has 40 heavy (non-hydrogen) atoms. The number of hydrogen-bond donors (Lipinski definition) is 0. The number of nitriles is 4. The van der Waals surface area contributed by atoms with E-state index in [9.17, 15) is 21.0 Å². The molecule has 0 aliphatic heterocycles. The van der Waals surface area contributed by atoms with E-state index in [1.54, 1.807) is 42.5 Å². The topological polar surface area (TPSA) is 130 Å². The molecule has 0 fully saturated rings. The predicted molar refractivity (Wildman–Crippen MR) is 147 cm³/mol. The van der Waals surface area contributed by atoms with Gasteiger partial charge in [0.1, 0.15) is 6.07 Å². The van der Waals surface area contributed by atoms with Crippen LogP contribution in [0.15, 0.2) is 72.7 Å². The highest BCUT2D eigenvalue weighted by atomic mass is 14.7. The van der Waals surface area contributed by atoms with Gasteiger partial charge >= 0.3 is 0 Å². The predicted octanol–water partition coefficient (Wildman–Crippen LogP) is 4.75. The average molecular weight is 515 g/mol. The van der Waals surface area contributed by atoms with E-state index in [2.05, 4.69) is 19.7 Å². The zero-order chi connectivity index (χ0) is 33.4. The van der Waals surface area contributed by atoms with Crippen molar-refractivity contribution in [2.45, 2.75) is 0 Å². The van der Waals surface area contributed by atoms with E-state index in [0.29, 0.717) is 21.8 Å². The van der Waals surface area contributed by atoms with Gasteiger partial charge in [-0.15, -0.1) is 0 Å². The molecule has 3 aromatic carbocycles. The molecule has 0 bridgehead atoms. The van der Waals surface area contributed by atoms with Crippen LogP contribution in [0.1, 0.15) is 36.0 Å². The molecule has 0 saturated carbocycles. The van der Waals surface area contributed by atoms with Crippen LogP contribution in [0.2, 0.25) is 0 Å². The molecule has 0 N–H and O–H groups in total. The Morgan fingerprint density at radius 3 is 1.77 bits per heavy atom. The summed E-state index contributed by atoms with van der Waals surface area (Å²) in [6, 6.07) is 13.1. The maximum absolute atomic E-state index is 10.0. The molecule has 180 valence electrons. The second kappa shape index (κ2) is 10.3. The van der Waals surface area contributed by atoms with Crippen LogP contribution in [0.4, 0.5) is 5.69 Å². The fourth-order valence-electron chi connectivity index (χ4n) is 3.96. The van der Waals surface area contributed by atoms with Crippen molar-refractivity contribution < 1.29 is 8.22 Å². The third kappa shape index (κ3) is 4.41. The lowest BCUT2D eigenvalue weighted by Crippen LogP contribution is -2.12. The van der Waals surface area contributed by atoms with Gasteiger partial charge in [-0.3, -0.25) is 4.98 Å². The van der Waals surface area contributed by atoms with Crippen molar-refractivity contribution in [3.05, 3.63) is 134 Å². The Morgan fingerprint density at radius 1 is 0.675 bits per heavy atom. The van der Waals surface area contributed by atoms with Gasteiger partial charge in [-0.25, -0.2) is 14.7 Å². The summed E-state index contributed by atoms with van der Waals surface area (Å²) >= 11 is 0. The summed E-state index contributed by atoms with van der Waals surface area (Å²) < 4.78 is 49.7. The molecule has 5 aromatic rings. The van der Waals surface area contributed by atoms with Crippen LogP contribution in [0.25, 0.3) is 42.8 Å². The highest BCUT2D eigenvalue weighted by molar-refractivity contribution is 6.04. The van der Waals surface area contributed by atoms with E-state index in [0.717, 1.165) is 0 Å². The molecule has 0 amide bonds.